The molecule has 1 saturated carbocycles. The van der Waals surface area contributed by atoms with Crippen molar-refractivity contribution in [3.63, 3.8) is 0 Å². The summed E-state index contributed by atoms with van der Waals surface area (Å²) >= 11 is 0. The summed E-state index contributed by atoms with van der Waals surface area (Å²) in [5.74, 6) is -0.00448. The number of aliphatic carboxylic acids is 1. The molecule has 116 valence electrons. The summed E-state index contributed by atoms with van der Waals surface area (Å²) in [7, 11) is 4.29. The Bertz CT molecular complexity index is 324. The minimum atomic E-state index is -0.584. The predicted molar refractivity (Wildman–Crippen MR) is 80.8 cm³/mol. The van der Waals surface area contributed by atoms with Crippen LogP contribution in [0.1, 0.15) is 45.4 Å². The Morgan fingerprint density at radius 1 is 1.20 bits per heavy atom. The second kappa shape index (κ2) is 6.90. The molecule has 0 aromatic heterocycles. The highest BCUT2D eigenvalue weighted by atomic mass is 16.4. The van der Waals surface area contributed by atoms with Crippen LogP contribution >= 0.6 is 0 Å². The van der Waals surface area contributed by atoms with Crippen LogP contribution in [0.15, 0.2) is 0 Å². The van der Waals surface area contributed by atoms with Crippen molar-refractivity contribution in [3.05, 3.63) is 0 Å². The van der Waals surface area contributed by atoms with E-state index in [1.54, 1.807) is 0 Å². The normalized spacial score (nSPS) is 33.5. The molecule has 1 aliphatic carbocycles. The first kappa shape index (κ1) is 15.8. The van der Waals surface area contributed by atoms with Gasteiger partial charge in [-0.15, -0.1) is 0 Å². The largest absolute Gasteiger partial charge is 0.481 e. The lowest BCUT2D eigenvalue weighted by Gasteiger charge is -2.44. The number of carboxylic acids is 1. The van der Waals surface area contributed by atoms with Gasteiger partial charge in [-0.05, 0) is 65.2 Å². The summed E-state index contributed by atoms with van der Waals surface area (Å²) in [6, 6.07) is 0.939. The maximum atomic E-state index is 11.5. The summed E-state index contributed by atoms with van der Waals surface area (Å²) in [4.78, 5) is 16.3. The van der Waals surface area contributed by atoms with E-state index in [0.29, 0.717) is 6.04 Å². The van der Waals surface area contributed by atoms with Gasteiger partial charge < -0.3 is 10.0 Å². The zero-order chi connectivity index (χ0) is 14.7. The third-order valence-electron chi connectivity index (χ3n) is 5.52. The maximum absolute atomic E-state index is 11.5. The molecule has 1 saturated heterocycles. The number of hydrogen-bond acceptors (Lipinski definition) is 3. The average Bonchev–Trinajstić information content (AvgIpc) is 2.46. The second-order valence-electron chi connectivity index (χ2n) is 6.83. The van der Waals surface area contributed by atoms with Crippen LogP contribution in [-0.2, 0) is 4.79 Å². The molecule has 4 nitrogen and oxygen atoms in total. The molecule has 0 spiro atoms. The van der Waals surface area contributed by atoms with Crippen LogP contribution in [0.25, 0.3) is 0 Å². The standard InChI is InChI=1S/C16H30N2O2/c1-4-12-5-6-14(16(19)20)15(11-12)18-9-7-13(8-10-18)17(2)3/h12-15H,4-11H2,1-3H3,(H,19,20). The van der Waals surface area contributed by atoms with Crippen LogP contribution in [0.2, 0.25) is 0 Å². The van der Waals surface area contributed by atoms with Crippen molar-refractivity contribution in [3.8, 4) is 0 Å². The highest BCUT2D eigenvalue weighted by molar-refractivity contribution is 5.71. The molecule has 1 heterocycles. The van der Waals surface area contributed by atoms with E-state index in [4.69, 9.17) is 0 Å². The van der Waals surface area contributed by atoms with E-state index < -0.39 is 5.97 Å². The number of piperidine rings is 1. The summed E-state index contributed by atoms with van der Waals surface area (Å²) in [6.45, 7) is 4.36. The van der Waals surface area contributed by atoms with Gasteiger partial charge >= 0.3 is 5.97 Å². The fraction of sp³-hybridized carbons (Fsp3) is 0.938. The third-order valence-corrected chi connectivity index (χ3v) is 5.52. The van der Waals surface area contributed by atoms with Crippen molar-refractivity contribution < 1.29 is 9.90 Å². The molecule has 3 atom stereocenters. The fourth-order valence-electron chi connectivity index (χ4n) is 4.03. The SMILES string of the molecule is CCC1CCC(C(=O)O)C(N2CCC(N(C)C)CC2)C1. The van der Waals surface area contributed by atoms with Crippen LogP contribution < -0.4 is 0 Å². The van der Waals surface area contributed by atoms with E-state index in [2.05, 4.69) is 30.8 Å². The quantitative estimate of drug-likeness (QED) is 0.859. The summed E-state index contributed by atoms with van der Waals surface area (Å²) < 4.78 is 0. The van der Waals surface area contributed by atoms with Gasteiger partial charge in [-0.25, -0.2) is 0 Å². The molecule has 1 aliphatic heterocycles. The van der Waals surface area contributed by atoms with E-state index in [1.165, 1.54) is 19.3 Å². The Kier molecular flexibility index (Phi) is 5.44. The molecule has 0 amide bonds. The molecular formula is C16H30N2O2. The molecule has 3 unspecified atom stereocenters. The van der Waals surface area contributed by atoms with Gasteiger partial charge in [-0.1, -0.05) is 13.3 Å². The number of likely N-dealkylation sites (tertiary alicyclic amines) is 1. The van der Waals surface area contributed by atoms with Crippen molar-refractivity contribution in [2.24, 2.45) is 11.8 Å². The Morgan fingerprint density at radius 2 is 1.85 bits per heavy atom. The van der Waals surface area contributed by atoms with Crippen molar-refractivity contribution in [2.45, 2.75) is 57.5 Å². The van der Waals surface area contributed by atoms with Crippen molar-refractivity contribution in [1.29, 1.82) is 0 Å². The Balaban J connectivity index is 1.98. The van der Waals surface area contributed by atoms with Gasteiger partial charge in [0.25, 0.3) is 0 Å². The predicted octanol–water partition coefficient (Wildman–Crippen LogP) is 2.29. The molecule has 0 aromatic rings. The highest BCUT2D eigenvalue weighted by Gasteiger charge is 2.39. The van der Waals surface area contributed by atoms with E-state index in [1.807, 2.05) is 0 Å². The molecule has 0 radical (unpaired) electrons. The molecule has 20 heavy (non-hydrogen) atoms. The van der Waals surface area contributed by atoms with Crippen LogP contribution in [0.5, 0.6) is 0 Å². The van der Waals surface area contributed by atoms with Crippen molar-refractivity contribution >= 4 is 5.97 Å². The first-order valence-electron chi connectivity index (χ1n) is 8.16. The molecular weight excluding hydrogens is 252 g/mol. The minimum absolute atomic E-state index is 0.145. The number of nitrogens with zero attached hydrogens (tertiary/aromatic N) is 2. The average molecular weight is 282 g/mol. The molecule has 2 fully saturated rings. The van der Waals surface area contributed by atoms with Crippen LogP contribution in [-0.4, -0.2) is 60.1 Å². The lowest BCUT2D eigenvalue weighted by Crippen LogP contribution is -2.52. The fourth-order valence-corrected chi connectivity index (χ4v) is 4.03. The molecule has 2 aliphatic rings. The molecule has 1 N–H and O–H groups in total. The van der Waals surface area contributed by atoms with Crippen LogP contribution in [0.4, 0.5) is 0 Å². The van der Waals surface area contributed by atoms with Crippen molar-refractivity contribution in [1.82, 2.24) is 9.80 Å². The van der Waals surface area contributed by atoms with Gasteiger partial charge in [-0.3, -0.25) is 9.69 Å². The monoisotopic (exact) mass is 282 g/mol. The first-order valence-corrected chi connectivity index (χ1v) is 8.16. The Labute approximate surface area is 123 Å². The van der Waals surface area contributed by atoms with Gasteiger partial charge in [0, 0.05) is 12.1 Å². The Hall–Kier alpha value is -0.610. The van der Waals surface area contributed by atoms with E-state index in [9.17, 15) is 9.90 Å². The van der Waals surface area contributed by atoms with Gasteiger partial charge in [0.05, 0.1) is 5.92 Å². The number of hydrogen-bond donors (Lipinski definition) is 1. The highest BCUT2D eigenvalue weighted by Crippen LogP contribution is 2.35. The smallest absolute Gasteiger partial charge is 0.308 e. The van der Waals surface area contributed by atoms with E-state index >= 15 is 0 Å². The zero-order valence-electron chi connectivity index (χ0n) is 13.2. The minimum Gasteiger partial charge on any atom is -0.481 e. The van der Waals surface area contributed by atoms with Gasteiger partial charge in [0.15, 0.2) is 0 Å². The maximum Gasteiger partial charge on any atom is 0.308 e. The zero-order valence-corrected chi connectivity index (χ0v) is 13.2. The molecule has 2 rings (SSSR count). The topological polar surface area (TPSA) is 43.8 Å². The first-order chi connectivity index (χ1) is 9.52. The number of carbonyl (C=O) groups is 1. The summed E-state index contributed by atoms with van der Waals surface area (Å²) in [5.41, 5.74) is 0. The van der Waals surface area contributed by atoms with E-state index in [-0.39, 0.29) is 12.0 Å². The van der Waals surface area contributed by atoms with Gasteiger partial charge in [-0.2, -0.15) is 0 Å². The van der Waals surface area contributed by atoms with E-state index in [0.717, 1.165) is 38.3 Å². The number of carboxylic acid groups (broad SMARTS) is 1. The lowest BCUT2D eigenvalue weighted by molar-refractivity contribution is -0.146. The molecule has 0 aromatic carbocycles. The molecule has 0 bridgehead atoms. The van der Waals surface area contributed by atoms with Crippen molar-refractivity contribution in [2.75, 3.05) is 27.2 Å². The summed E-state index contributed by atoms with van der Waals surface area (Å²) in [5, 5.41) is 9.50. The molecule has 4 heteroatoms. The van der Waals surface area contributed by atoms with Gasteiger partial charge in [0.1, 0.15) is 0 Å². The number of rotatable bonds is 4. The van der Waals surface area contributed by atoms with Crippen LogP contribution in [0.3, 0.4) is 0 Å². The van der Waals surface area contributed by atoms with Gasteiger partial charge in [0.2, 0.25) is 0 Å². The van der Waals surface area contributed by atoms with Crippen LogP contribution in [0, 0.1) is 11.8 Å². The lowest BCUT2D eigenvalue weighted by atomic mass is 9.76. The summed E-state index contributed by atoms with van der Waals surface area (Å²) in [6.07, 6.45) is 6.58. The third kappa shape index (κ3) is 3.53. The Morgan fingerprint density at radius 3 is 2.35 bits per heavy atom. The second-order valence-corrected chi connectivity index (χ2v) is 6.83.